The zero-order chi connectivity index (χ0) is 6.69. The first kappa shape index (κ1) is 6.92. The second-order valence-electron chi connectivity index (χ2n) is 3.01. The lowest BCUT2D eigenvalue weighted by atomic mass is 9.42. The summed E-state index contributed by atoms with van der Waals surface area (Å²) in [6, 6.07) is 0. The van der Waals surface area contributed by atoms with Crippen molar-refractivity contribution in [1.29, 1.82) is 0 Å². The Morgan fingerprint density at radius 1 is 1.67 bits per heavy atom. The third-order valence-corrected chi connectivity index (χ3v) is 2.26. The average molecular weight is 122 g/mol. The molecule has 0 saturated carbocycles. The van der Waals surface area contributed by atoms with Gasteiger partial charge in [-0.15, -0.1) is 5.47 Å². The van der Waals surface area contributed by atoms with Crippen LogP contribution in [-0.2, 0) is 0 Å². The summed E-state index contributed by atoms with van der Waals surface area (Å²) < 4.78 is 0. The number of rotatable bonds is 2. The van der Waals surface area contributed by atoms with Crippen LogP contribution in [0.4, 0.5) is 0 Å². The predicted octanol–water partition coefficient (Wildman–Crippen LogP) is 2.78. The van der Waals surface area contributed by atoms with E-state index in [0.29, 0.717) is 0 Å². The van der Waals surface area contributed by atoms with Gasteiger partial charge in [0.2, 0.25) is 0 Å². The number of hydrogen-bond donors (Lipinski definition) is 0. The average Bonchev–Trinajstić information content (AvgIpc) is 2.18. The van der Waals surface area contributed by atoms with Gasteiger partial charge in [0.05, 0.1) is 0 Å². The minimum Gasteiger partial charge on any atom is -0.108 e. The van der Waals surface area contributed by atoms with Gasteiger partial charge in [0.15, 0.2) is 6.71 Å². The van der Waals surface area contributed by atoms with Gasteiger partial charge in [0, 0.05) is 0 Å². The first-order valence-corrected chi connectivity index (χ1v) is 4.01. The Morgan fingerprint density at radius 3 is 2.89 bits per heavy atom. The Hall–Kier alpha value is -0.195. The maximum atomic E-state index is 2.39. The molecule has 9 heavy (non-hydrogen) atoms. The molecule has 0 saturated heterocycles. The molecule has 0 nitrogen and oxygen atoms in total. The summed E-state index contributed by atoms with van der Waals surface area (Å²) in [5.41, 5.74) is 1.64. The zero-order valence-corrected chi connectivity index (χ0v) is 6.48. The van der Waals surface area contributed by atoms with E-state index in [-0.39, 0.29) is 0 Å². The van der Waals surface area contributed by atoms with Crippen molar-refractivity contribution in [3.63, 3.8) is 0 Å². The van der Waals surface area contributed by atoms with Crippen LogP contribution in [0, 0.1) is 0 Å². The van der Waals surface area contributed by atoms with E-state index in [4.69, 9.17) is 0 Å². The molecule has 1 heteroatoms. The second-order valence-corrected chi connectivity index (χ2v) is 3.01. The monoisotopic (exact) mass is 122 g/mol. The molecule has 0 aromatic carbocycles. The third-order valence-electron chi connectivity index (χ3n) is 2.26. The molecule has 0 aromatic heterocycles. The molecule has 1 aliphatic heterocycles. The van der Waals surface area contributed by atoms with E-state index in [1.54, 1.807) is 5.47 Å². The maximum Gasteiger partial charge on any atom is 0.170 e. The number of allylic oxidation sites excluding steroid dienone is 2. The van der Waals surface area contributed by atoms with Crippen LogP contribution in [0.3, 0.4) is 0 Å². The van der Waals surface area contributed by atoms with Crippen molar-refractivity contribution in [2.45, 2.75) is 39.3 Å². The molecule has 0 fully saturated rings. The highest BCUT2D eigenvalue weighted by Crippen LogP contribution is 2.21. The first-order chi connectivity index (χ1) is 4.34. The molecule has 50 valence electrons. The smallest absolute Gasteiger partial charge is 0.108 e. The fraction of sp³-hybridized carbons (Fsp3) is 0.750. The van der Waals surface area contributed by atoms with Crippen molar-refractivity contribution in [2.75, 3.05) is 0 Å². The summed E-state index contributed by atoms with van der Waals surface area (Å²) >= 11 is 0. The van der Waals surface area contributed by atoms with Crippen molar-refractivity contribution in [3.05, 3.63) is 11.5 Å². The Bertz CT molecular complexity index is 116. The summed E-state index contributed by atoms with van der Waals surface area (Å²) in [4.78, 5) is 0. The Morgan fingerprint density at radius 2 is 2.44 bits per heavy atom. The van der Waals surface area contributed by atoms with Crippen molar-refractivity contribution < 1.29 is 0 Å². The van der Waals surface area contributed by atoms with E-state index in [9.17, 15) is 0 Å². The van der Waals surface area contributed by atoms with E-state index in [2.05, 4.69) is 19.9 Å². The molecule has 0 N–H and O–H groups in total. The molecule has 0 atom stereocenters. The van der Waals surface area contributed by atoms with Gasteiger partial charge >= 0.3 is 0 Å². The highest BCUT2D eigenvalue weighted by atomic mass is 13.9. The minimum atomic E-state index is 0.940. The quantitative estimate of drug-likeness (QED) is 0.494. The lowest BCUT2D eigenvalue weighted by Gasteiger charge is -2.03. The summed E-state index contributed by atoms with van der Waals surface area (Å²) in [6.07, 6.45) is 7.88. The molecule has 1 rings (SSSR count). The first-order valence-electron chi connectivity index (χ1n) is 4.01. The van der Waals surface area contributed by atoms with Crippen LogP contribution in [0.25, 0.3) is 0 Å². The van der Waals surface area contributed by atoms with Crippen LogP contribution in [0.5, 0.6) is 0 Å². The maximum absolute atomic E-state index is 2.39. The Kier molecular flexibility index (Phi) is 2.38. The fourth-order valence-corrected chi connectivity index (χ4v) is 1.63. The van der Waals surface area contributed by atoms with E-state index in [0.717, 1.165) is 6.71 Å². The highest BCUT2D eigenvalue weighted by molar-refractivity contribution is 6.67. The SMILES string of the molecule is CCCB1CCC=C1C. The normalized spacial score (nSPS) is 18.4. The van der Waals surface area contributed by atoms with Crippen LogP contribution in [0.15, 0.2) is 11.5 Å². The summed E-state index contributed by atoms with van der Waals surface area (Å²) in [5.74, 6) is 0. The van der Waals surface area contributed by atoms with Crippen LogP contribution in [0.1, 0.15) is 26.7 Å². The summed E-state index contributed by atoms with van der Waals surface area (Å²) in [7, 11) is 0. The van der Waals surface area contributed by atoms with E-state index in [1.165, 1.54) is 25.5 Å². The molecule has 0 unspecified atom stereocenters. The van der Waals surface area contributed by atoms with Crippen LogP contribution >= 0.6 is 0 Å². The van der Waals surface area contributed by atoms with Gasteiger partial charge in [-0.2, -0.15) is 0 Å². The van der Waals surface area contributed by atoms with Gasteiger partial charge in [-0.1, -0.05) is 39.0 Å². The van der Waals surface area contributed by atoms with E-state index < -0.39 is 0 Å². The second kappa shape index (κ2) is 3.10. The standard InChI is InChI=1S/C8H15B/c1-3-6-9-7-4-5-8(9)2/h5H,3-4,6-7H2,1-2H3. The molecule has 0 radical (unpaired) electrons. The topological polar surface area (TPSA) is 0 Å². The van der Waals surface area contributed by atoms with Gasteiger partial charge in [0.25, 0.3) is 0 Å². The van der Waals surface area contributed by atoms with Gasteiger partial charge in [-0.25, -0.2) is 0 Å². The van der Waals surface area contributed by atoms with Gasteiger partial charge in [0.1, 0.15) is 0 Å². The van der Waals surface area contributed by atoms with Crippen molar-refractivity contribution in [2.24, 2.45) is 0 Å². The molecule has 0 aromatic rings. The van der Waals surface area contributed by atoms with Gasteiger partial charge < -0.3 is 0 Å². The largest absolute Gasteiger partial charge is 0.170 e. The Labute approximate surface area is 58.4 Å². The molecule has 1 heterocycles. The highest BCUT2D eigenvalue weighted by Gasteiger charge is 2.17. The lowest BCUT2D eigenvalue weighted by Crippen LogP contribution is -2.08. The lowest BCUT2D eigenvalue weighted by molar-refractivity contribution is 1.05. The molecule has 1 aliphatic rings. The van der Waals surface area contributed by atoms with Crippen molar-refractivity contribution >= 4 is 6.71 Å². The van der Waals surface area contributed by atoms with Crippen LogP contribution < -0.4 is 0 Å². The zero-order valence-electron chi connectivity index (χ0n) is 6.48. The fourth-order valence-electron chi connectivity index (χ4n) is 1.63. The van der Waals surface area contributed by atoms with Crippen LogP contribution in [-0.4, -0.2) is 6.71 Å². The Balaban J connectivity index is 2.34. The molecule has 0 spiro atoms. The predicted molar refractivity (Wildman–Crippen MR) is 44.0 cm³/mol. The number of hydrogen-bond acceptors (Lipinski definition) is 0. The molecule has 0 bridgehead atoms. The van der Waals surface area contributed by atoms with Crippen molar-refractivity contribution in [1.82, 2.24) is 0 Å². The van der Waals surface area contributed by atoms with Gasteiger partial charge in [-0.05, 0) is 6.42 Å². The molecule has 0 amide bonds. The van der Waals surface area contributed by atoms with Crippen molar-refractivity contribution in [3.8, 4) is 0 Å². The molecular weight excluding hydrogens is 107 g/mol. The summed E-state index contributed by atoms with van der Waals surface area (Å²) in [5, 5.41) is 0. The van der Waals surface area contributed by atoms with E-state index >= 15 is 0 Å². The third kappa shape index (κ3) is 1.60. The molecular formula is C8H15B. The molecule has 0 aliphatic carbocycles. The van der Waals surface area contributed by atoms with E-state index in [1.807, 2.05) is 0 Å². The summed E-state index contributed by atoms with van der Waals surface area (Å²) in [6.45, 7) is 5.48. The van der Waals surface area contributed by atoms with Gasteiger partial charge in [-0.3, -0.25) is 0 Å². The van der Waals surface area contributed by atoms with Crippen LogP contribution in [0.2, 0.25) is 12.6 Å². The minimum absolute atomic E-state index is 0.940.